The average molecular weight is 216 g/mol. The van der Waals surface area contributed by atoms with Gasteiger partial charge in [-0.3, -0.25) is 4.21 Å². The highest BCUT2D eigenvalue weighted by molar-refractivity contribution is 7.85. The zero-order chi connectivity index (χ0) is 9.80. The van der Waals surface area contributed by atoms with E-state index in [2.05, 4.69) is 10.6 Å². The van der Waals surface area contributed by atoms with Crippen molar-refractivity contribution < 1.29 is 4.21 Å². The lowest BCUT2D eigenvalue weighted by atomic mass is 10.0. The van der Waals surface area contributed by atoms with E-state index >= 15 is 0 Å². The van der Waals surface area contributed by atoms with E-state index in [1.807, 2.05) is 0 Å². The van der Waals surface area contributed by atoms with Crippen LogP contribution in [0.25, 0.3) is 0 Å². The van der Waals surface area contributed by atoms with Crippen molar-refractivity contribution >= 4 is 10.8 Å². The molecule has 1 unspecified atom stereocenters. The lowest BCUT2D eigenvalue weighted by Crippen LogP contribution is -2.49. The number of rotatable bonds is 2. The molecule has 2 aliphatic heterocycles. The molecule has 2 N–H and O–H groups in total. The van der Waals surface area contributed by atoms with Crippen LogP contribution in [0, 0.1) is 0 Å². The molecule has 0 saturated carbocycles. The molecule has 3 nitrogen and oxygen atoms in total. The summed E-state index contributed by atoms with van der Waals surface area (Å²) in [4.78, 5) is 0. The molecule has 2 aliphatic rings. The van der Waals surface area contributed by atoms with Crippen LogP contribution in [-0.2, 0) is 10.8 Å². The van der Waals surface area contributed by atoms with Crippen LogP contribution in [0.1, 0.15) is 25.7 Å². The van der Waals surface area contributed by atoms with E-state index in [0.717, 1.165) is 30.9 Å². The van der Waals surface area contributed by atoms with Crippen LogP contribution < -0.4 is 10.6 Å². The molecular formula is C10H20N2OS. The first kappa shape index (κ1) is 10.6. The van der Waals surface area contributed by atoms with Gasteiger partial charge in [-0.2, -0.15) is 0 Å². The van der Waals surface area contributed by atoms with E-state index in [-0.39, 0.29) is 0 Å². The Bertz CT molecular complexity index is 194. The van der Waals surface area contributed by atoms with Crippen LogP contribution in [0.3, 0.4) is 0 Å². The first-order valence-corrected chi connectivity index (χ1v) is 7.15. The van der Waals surface area contributed by atoms with Crippen LogP contribution in [0.15, 0.2) is 0 Å². The van der Waals surface area contributed by atoms with Gasteiger partial charge < -0.3 is 10.6 Å². The Hall–Kier alpha value is 0.0700. The quantitative estimate of drug-likeness (QED) is 0.695. The highest BCUT2D eigenvalue weighted by Gasteiger charge is 2.21. The van der Waals surface area contributed by atoms with Gasteiger partial charge in [0.15, 0.2) is 0 Å². The Balaban J connectivity index is 1.71. The molecule has 0 bridgehead atoms. The first-order chi connectivity index (χ1) is 6.84. The minimum atomic E-state index is -0.523. The minimum Gasteiger partial charge on any atom is -0.315 e. The van der Waals surface area contributed by atoms with E-state index in [0.29, 0.717) is 12.1 Å². The fourth-order valence-electron chi connectivity index (χ4n) is 2.29. The zero-order valence-corrected chi connectivity index (χ0v) is 9.44. The van der Waals surface area contributed by atoms with Crippen molar-refractivity contribution in [3.05, 3.63) is 0 Å². The van der Waals surface area contributed by atoms with E-state index in [9.17, 15) is 4.21 Å². The summed E-state index contributed by atoms with van der Waals surface area (Å²) >= 11 is 0. The van der Waals surface area contributed by atoms with Gasteiger partial charge in [-0.25, -0.2) is 0 Å². The second-order valence-electron chi connectivity index (χ2n) is 4.33. The van der Waals surface area contributed by atoms with Gasteiger partial charge in [-0.15, -0.1) is 0 Å². The molecule has 0 aromatic heterocycles. The molecule has 0 aliphatic carbocycles. The van der Waals surface area contributed by atoms with Gasteiger partial charge in [0.25, 0.3) is 0 Å². The van der Waals surface area contributed by atoms with E-state index < -0.39 is 10.8 Å². The largest absolute Gasteiger partial charge is 0.315 e. The van der Waals surface area contributed by atoms with E-state index in [1.165, 1.54) is 19.4 Å². The molecule has 0 amide bonds. The molecule has 14 heavy (non-hydrogen) atoms. The van der Waals surface area contributed by atoms with Crippen LogP contribution in [-0.4, -0.2) is 40.9 Å². The topological polar surface area (TPSA) is 41.1 Å². The highest BCUT2D eigenvalue weighted by atomic mass is 32.2. The normalized spacial score (nSPS) is 39.6. The lowest BCUT2D eigenvalue weighted by molar-refractivity contribution is 0.338. The molecule has 4 heteroatoms. The molecule has 0 aromatic carbocycles. The maximum absolute atomic E-state index is 11.2. The molecular weight excluding hydrogens is 196 g/mol. The predicted molar refractivity (Wildman–Crippen MR) is 59.9 cm³/mol. The third-order valence-electron chi connectivity index (χ3n) is 3.16. The molecule has 2 heterocycles. The lowest BCUT2D eigenvalue weighted by Gasteiger charge is -2.30. The van der Waals surface area contributed by atoms with Crippen molar-refractivity contribution in [1.82, 2.24) is 10.6 Å². The minimum absolute atomic E-state index is 0.523. The zero-order valence-electron chi connectivity index (χ0n) is 8.63. The van der Waals surface area contributed by atoms with Gasteiger partial charge in [0.1, 0.15) is 0 Å². The van der Waals surface area contributed by atoms with Crippen molar-refractivity contribution in [2.75, 3.05) is 24.6 Å². The molecule has 1 atom stereocenters. The molecule has 2 saturated heterocycles. The number of piperidine rings is 1. The summed E-state index contributed by atoms with van der Waals surface area (Å²) in [6.45, 7) is 2.28. The average Bonchev–Trinajstić information content (AvgIpc) is 2.23. The smallest absolute Gasteiger partial charge is 0.0249 e. The van der Waals surface area contributed by atoms with Crippen molar-refractivity contribution in [1.29, 1.82) is 0 Å². The predicted octanol–water partition coefficient (Wildman–Crippen LogP) is 0.239. The third kappa shape index (κ3) is 3.04. The van der Waals surface area contributed by atoms with Crippen LogP contribution in [0.4, 0.5) is 0 Å². The Morgan fingerprint density at radius 3 is 2.57 bits per heavy atom. The fourth-order valence-corrected chi connectivity index (χ4v) is 3.59. The van der Waals surface area contributed by atoms with Crippen LogP contribution in [0.5, 0.6) is 0 Å². The second-order valence-corrected chi connectivity index (χ2v) is 6.03. The number of hydrogen-bond acceptors (Lipinski definition) is 3. The van der Waals surface area contributed by atoms with Crippen molar-refractivity contribution in [3.8, 4) is 0 Å². The standard InChI is InChI=1S/C10H20N2OS/c13-14-6-3-9(4-7-14)12-10-2-1-5-11-8-10/h9-12H,1-8H2. The monoisotopic (exact) mass is 216 g/mol. The van der Waals surface area contributed by atoms with Crippen molar-refractivity contribution in [2.24, 2.45) is 0 Å². The van der Waals surface area contributed by atoms with Gasteiger partial charge >= 0.3 is 0 Å². The summed E-state index contributed by atoms with van der Waals surface area (Å²) in [5.74, 6) is 1.80. The Labute approximate surface area is 88.5 Å². The fraction of sp³-hybridized carbons (Fsp3) is 1.00. The molecule has 0 radical (unpaired) electrons. The Kier molecular flexibility index (Phi) is 3.96. The summed E-state index contributed by atoms with van der Waals surface area (Å²) in [6.07, 6.45) is 4.79. The van der Waals surface area contributed by atoms with E-state index in [4.69, 9.17) is 0 Å². The van der Waals surface area contributed by atoms with Gasteiger partial charge in [0.2, 0.25) is 0 Å². The Morgan fingerprint density at radius 2 is 1.93 bits per heavy atom. The SMILES string of the molecule is O=S1CCC(NC2CCCNC2)CC1. The maximum Gasteiger partial charge on any atom is 0.0249 e. The number of nitrogens with one attached hydrogen (secondary N) is 2. The molecule has 2 fully saturated rings. The maximum atomic E-state index is 11.2. The summed E-state index contributed by atoms with van der Waals surface area (Å²) in [5, 5.41) is 7.09. The van der Waals surface area contributed by atoms with Crippen molar-refractivity contribution in [2.45, 2.75) is 37.8 Å². The summed E-state index contributed by atoms with van der Waals surface area (Å²) in [6, 6.07) is 1.28. The summed E-state index contributed by atoms with van der Waals surface area (Å²) in [5.41, 5.74) is 0. The molecule has 0 spiro atoms. The molecule has 2 rings (SSSR count). The van der Waals surface area contributed by atoms with Crippen LogP contribution >= 0.6 is 0 Å². The van der Waals surface area contributed by atoms with Crippen LogP contribution in [0.2, 0.25) is 0 Å². The third-order valence-corrected chi connectivity index (χ3v) is 4.54. The number of hydrogen-bond donors (Lipinski definition) is 2. The highest BCUT2D eigenvalue weighted by Crippen LogP contribution is 2.11. The van der Waals surface area contributed by atoms with Gasteiger partial charge in [0, 0.05) is 40.9 Å². The molecule has 0 aromatic rings. The second kappa shape index (κ2) is 5.24. The van der Waals surface area contributed by atoms with E-state index in [1.54, 1.807) is 0 Å². The Morgan fingerprint density at radius 1 is 1.14 bits per heavy atom. The van der Waals surface area contributed by atoms with Gasteiger partial charge in [-0.05, 0) is 32.2 Å². The summed E-state index contributed by atoms with van der Waals surface area (Å²) < 4.78 is 11.2. The van der Waals surface area contributed by atoms with Gasteiger partial charge in [0.05, 0.1) is 0 Å². The van der Waals surface area contributed by atoms with Gasteiger partial charge in [-0.1, -0.05) is 0 Å². The first-order valence-electron chi connectivity index (χ1n) is 5.66. The molecule has 82 valence electrons. The van der Waals surface area contributed by atoms with Crippen molar-refractivity contribution in [3.63, 3.8) is 0 Å². The summed E-state index contributed by atoms with van der Waals surface area (Å²) in [7, 11) is -0.523.